The lowest BCUT2D eigenvalue weighted by Gasteiger charge is -2.55. The minimum absolute atomic E-state index is 0.104. The van der Waals surface area contributed by atoms with Crippen molar-refractivity contribution in [3.8, 4) is 0 Å². The number of nitrogens with zero attached hydrogens (tertiary/aromatic N) is 1. The summed E-state index contributed by atoms with van der Waals surface area (Å²) in [5, 5.41) is 3.09. The van der Waals surface area contributed by atoms with Crippen molar-refractivity contribution in [2.24, 2.45) is 23.2 Å². The van der Waals surface area contributed by atoms with Gasteiger partial charge >= 0.3 is 0 Å². The average molecular weight is 332 g/mol. The first-order chi connectivity index (χ1) is 11.5. The van der Waals surface area contributed by atoms with Crippen molar-refractivity contribution < 1.29 is 9.59 Å². The van der Waals surface area contributed by atoms with Crippen LogP contribution in [-0.4, -0.2) is 36.9 Å². The molecule has 0 aromatic heterocycles. The highest BCUT2D eigenvalue weighted by atomic mass is 16.2. The number of carbonyl (C=O) groups is 2. The molecule has 134 valence electrons. The van der Waals surface area contributed by atoms with Crippen LogP contribution in [0.5, 0.6) is 0 Å². The summed E-state index contributed by atoms with van der Waals surface area (Å²) in [6.45, 7) is 4.93. The summed E-state index contributed by atoms with van der Waals surface area (Å²) >= 11 is 0. The third-order valence-corrected chi connectivity index (χ3v) is 6.47. The van der Waals surface area contributed by atoms with E-state index < -0.39 is 0 Å². The van der Waals surface area contributed by atoms with Gasteiger partial charge in [0.1, 0.15) is 0 Å². The lowest BCUT2D eigenvalue weighted by atomic mass is 9.49. The number of rotatable bonds is 8. The highest BCUT2D eigenvalue weighted by molar-refractivity contribution is 5.84. The van der Waals surface area contributed by atoms with Crippen molar-refractivity contribution >= 4 is 11.8 Å². The Labute approximate surface area is 146 Å². The van der Waals surface area contributed by atoms with E-state index >= 15 is 0 Å². The maximum absolute atomic E-state index is 12.8. The van der Waals surface area contributed by atoms with Crippen LogP contribution in [-0.2, 0) is 9.59 Å². The summed E-state index contributed by atoms with van der Waals surface area (Å²) in [6.07, 6.45) is 11.5. The Bertz CT molecular complexity index is 465. The number of hydrogen-bond acceptors (Lipinski definition) is 2. The van der Waals surface area contributed by atoms with E-state index in [4.69, 9.17) is 0 Å². The van der Waals surface area contributed by atoms with Crippen LogP contribution in [0.15, 0.2) is 12.7 Å². The van der Waals surface area contributed by atoms with E-state index in [9.17, 15) is 9.59 Å². The first-order valence-corrected chi connectivity index (χ1v) is 9.65. The Balaban J connectivity index is 1.43. The molecule has 0 aromatic rings. The number of carbonyl (C=O) groups excluding carboxylic acids is 2. The maximum atomic E-state index is 12.8. The molecule has 0 unspecified atom stereocenters. The maximum Gasteiger partial charge on any atom is 0.226 e. The van der Waals surface area contributed by atoms with Crippen LogP contribution in [0, 0.1) is 23.2 Å². The average Bonchev–Trinajstić information content (AvgIpc) is 2.53. The molecule has 4 aliphatic carbocycles. The van der Waals surface area contributed by atoms with Crippen LogP contribution < -0.4 is 5.32 Å². The van der Waals surface area contributed by atoms with Gasteiger partial charge in [-0.2, -0.15) is 0 Å². The second kappa shape index (κ2) is 7.28. The van der Waals surface area contributed by atoms with Crippen LogP contribution >= 0.6 is 0 Å². The Kier molecular flexibility index (Phi) is 5.31. The number of unbranched alkanes of at least 4 members (excludes halogenated alkanes) is 1. The van der Waals surface area contributed by atoms with Crippen LogP contribution in [0.3, 0.4) is 0 Å². The van der Waals surface area contributed by atoms with Gasteiger partial charge in [-0.05, 0) is 69.1 Å². The molecule has 2 amide bonds. The SMILES string of the molecule is C=CCCCN(C)C(=O)CCNC(=O)C12CC3CC(CC(C3)C1)C2. The zero-order chi connectivity index (χ0) is 17.2. The molecule has 0 radical (unpaired) electrons. The number of nitrogens with one attached hydrogen (secondary N) is 1. The van der Waals surface area contributed by atoms with E-state index in [1.54, 1.807) is 4.90 Å². The molecule has 0 heterocycles. The first kappa shape index (κ1) is 17.5. The van der Waals surface area contributed by atoms with Gasteiger partial charge in [0.2, 0.25) is 11.8 Å². The lowest BCUT2D eigenvalue weighted by molar-refractivity contribution is -0.146. The van der Waals surface area contributed by atoms with E-state index in [1.807, 2.05) is 13.1 Å². The molecule has 0 saturated heterocycles. The summed E-state index contributed by atoms with van der Waals surface area (Å²) in [5.41, 5.74) is -0.104. The zero-order valence-electron chi connectivity index (χ0n) is 15.1. The second-order valence-corrected chi connectivity index (χ2v) is 8.45. The van der Waals surface area contributed by atoms with Crippen molar-refractivity contribution in [3.63, 3.8) is 0 Å². The van der Waals surface area contributed by atoms with Gasteiger partial charge in [-0.1, -0.05) is 6.08 Å². The molecule has 4 heteroatoms. The highest BCUT2D eigenvalue weighted by Gasteiger charge is 2.54. The van der Waals surface area contributed by atoms with Crippen molar-refractivity contribution in [2.75, 3.05) is 20.1 Å². The molecular formula is C20H32N2O2. The van der Waals surface area contributed by atoms with E-state index in [0.29, 0.717) is 13.0 Å². The van der Waals surface area contributed by atoms with E-state index in [1.165, 1.54) is 19.3 Å². The molecule has 1 N–H and O–H groups in total. The van der Waals surface area contributed by atoms with Crippen LogP contribution in [0.2, 0.25) is 0 Å². The van der Waals surface area contributed by atoms with Crippen LogP contribution in [0.25, 0.3) is 0 Å². The second-order valence-electron chi connectivity index (χ2n) is 8.45. The summed E-state index contributed by atoms with van der Waals surface area (Å²) in [6, 6.07) is 0. The first-order valence-electron chi connectivity index (χ1n) is 9.65. The normalized spacial score (nSPS) is 33.3. The standard InChI is InChI=1S/C20H32N2O2/c1-3-4-5-8-22(2)18(23)6-7-21-19(24)20-12-15-9-16(13-20)11-17(10-15)14-20/h3,15-17H,1,4-14H2,2H3,(H,21,24). The fraction of sp³-hybridized carbons (Fsp3) is 0.800. The zero-order valence-corrected chi connectivity index (χ0v) is 15.1. The van der Waals surface area contributed by atoms with Gasteiger partial charge in [-0.15, -0.1) is 6.58 Å². The fourth-order valence-corrected chi connectivity index (χ4v) is 5.65. The number of hydrogen-bond donors (Lipinski definition) is 1. The molecular weight excluding hydrogens is 300 g/mol. The van der Waals surface area contributed by atoms with E-state index in [2.05, 4.69) is 11.9 Å². The summed E-state index contributed by atoms with van der Waals surface area (Å²) in [5.74, 6) is 2.67. The summed E-state index contributed by atoms with van der Waals surface area (Å²) in [4.78, 5) is 26.7. The van der Waals surface area contributed by atoms with Gasteiger partial charge in [-0.25, -0.2) is 0 Å². The van der Waals surface area contributed by atoms with Crippen molar-refractivity contribution in [2.45, 2.75) is 57.8 Å². The quantitative estimate of drug-likeness (QED) is 0.548. The molecule has 4 bridgehead atoms. The van der Waals surface area contributed by atoms with Crippen molar-refractivity contribution in [3.05, 3.63) is 12.7 Å². The Morgan fingerprint density at radius 3 is 2.29 bits per heavy atom. The smallest absolute Gasteiger partial charge is 0.226 e. The molecule has 4 nitrogen and oxygen atoms in total. The molecule has 4 rings (SSSR count). The minimum Gasteiger partial charge on any atom is -0.355 e. The number of amides is 2. The van der Waals surface area contributed by atoms with Crippen molar-refractivity contribution in [1.82, 2.24) is 10.2 Å². The van der Waals surface area contributed by atoms with E-state index in [-0.39, 0.29) is 17.2 Å². The molecule has 4 fully saturated rings. The van der Waals surface area contributed by atoms with Gasteiger partial charge in [0, 0.05) is 32.0 Å². The predicted molar refractivity (Wildman–Crippen MR) is 95.3 cm³/mol. The van der Waals surface area contributed by atoms with Gasteiger partial charge in [0.15, 0.2) is 0 Å². The molecule has 0 atom stereocenters. The summed E-state index contributed by atoms with van der Waals surface area (Å²) < 4.78 is 0. The molecule has 4 saturated carbocycles. The molecule has 24 heavy (non-hydrogen) atoms. The largest absolute Gasteiger partial charge is 0.355 e. The molecule has 4 aliphatic rings. The highest BCUT2D eigenvalue weighted by Crippen LogP contribution is 2.60. The van der Waals surface area contributed by atoms with Gasteiger partial charge in [0.05, 0.1) is 0 Å². The predicted octanol–water partition coefficient (Wildman–Crippen LogP) is 3.13. The fourth-order valence-electron chi connectivity index (χ4n) is 5.65. The third-order valence-electron chi connectivity index (χ3n) is 6.47. The molecule has 0 aliphatic heterocycles. The van der Waals surface area contributed by atoms with Gasteiger partial charge in [-0.3, -0.25) is 9.59 Å². The van der Waals surface area contributed by atoms with Gasteiger partial charge < -0.3 is 10.2 Å². The van der Waals surface area contributed by atoms with Crippen LogP contribution in [0.1, 0.15) is 57.8 Å². The topological polar surface area (TPSA) is 49.4 Å². The lowest BCUT2D eigenvalue weighted by Crippen LogP contribution is -2.53. The van der Waals surface area contributed by atoms with Crippen molar-refractivity contribution in [1.29, 1.82) is 0 Å². The third kappa shape index (κ3) is 3.68. The Hall–Kier alpha value is -1.32. The molecule has 0 aromatic carbocycles. The monoisotopic (exact) mass is 332 g/mol. The van der Waals surface area contributed by atoms with E-state index in [0.717, 1.165) is 56.4 Å². The Morgan fingerprint density at radius 2 is 1.75 bits per heavy atom. The summed E-state index contributed by atoms with van der Waals surface area (Å²) in [7, 11) is 1.84. The van der Waals surface area contributed by atoms with Gasteiger partial charge in [0.25, 0.3) is 0 Å². The molecule has 0 spiro atoms. The minimum atomic E-state index is -0.104. The number of allylic oxidation sites excluding steroid dienone is 1. The Morgan fingerprint density at radius 1 is 1.17 bits per heavy atom. The van der Waals surface area contributed by atoms with Crippen LogP contribution in [0.4, 0.5) is 0 Å².